The fourth-order valence-electron chi connectivity index (χ4n) is 3.59. The molecule has 4 unspecified atom stereocenters. The third kappa shape index (κ3) is 1.89. The number of nitrogens with one attached hydrogen (secondary N) is 2. The van der Waals surface area contributed by atoms with Gasteiger partial charge in [0.05, 0.1) is 5.25 Å². The summed E-state index contributed by atoms with van der Waals surface area (Å²) in [6.07, 6.45) is 5.62. The molecule has 1 saturated heterocycles. The fraction of sp³-hybridized carbons (Fsp3) is 1.00. The highest BCUT2D eigenvalue weighted by atomic mass is 32.2. The quantitative estimate of drug-likeness (QED) is 0.758. The molecule has 0 aromatic rings. The summed E-state index contributed by atoms with van der Waals surface area (Å²) in [7, 11) is -3.08. The molecule has 3 rings (SSSR count). The van der Waals surface area contributed by atoms with Crippen LogP contribution in [0.2, 0.25) is 0 Å². The second kappa shape index (κ2) is 3.96. The van der Waals surface area contributed by atoms with E-state index in [0.29, 0.717) is 12.5 Å². The summed E-state index contributed by atoms with van der Waals surface area (Å²) in [5.41, 5.74) is 0. The van der Waals surface area contributed by atoms with Crippen molar-refractivity contribution in [1.82, 2.24) is 10.0 Å². The van der Waals surface area contributed by atoms with Crippen LogP contribution in [-0.4, -0.2) is 32.8 Å². The van der Waals surface area contributed by atoms with Crippen molar-refractivity contribution in [3.05, 3.63) is 0 Å². The summed E-state index contributed by atoms with van der Waals surface area (Å²) in [6, 6.07) is 0.240. The lowest BCUT2D eigenvalue weighted by Gasteiger charge is -2.24. The summed E-state index contributed by atoms with van der Waals surface area (Å²) in [6.45, 7) is 1.46. The second-order valence-electron chi connectivity index (χ2n) is 5.56. The number of hydrogen-bond donors (Lipinski definition) is 2. The van der Waals surface area contributed by atoms with Gasteiger partial charge < -0.3 is 5.32 Å². The maximum absolute atomic E-state index is 12.1. The molecule has 1 heterocycles. The number of hydrogen-bond acceptors (Lipinski definition) is 3. The van der Waals surface area contributed by atoms with Gasteiger partial charge in [-0.05, 0) is 44.1 Å². The number of fused-ring (bicyclic) bond motifs is 2. The smallest absolute Gasteiger partial charge is 0.216 e. The van der Waals surface area contributed by atoms with Gasteiger partial charge in [-0.2, -0.15) is 0 Å². The van der Waals surface area contributed by atoms with Crippen molar-refractivity contribution in [2.75, 3.05) is 13.1 Å². The van der Waals surface area contributed by atoms with Gasteiger partial charge in [0.25, 0.3) is 0 Å². The minimum Gasteiger partial charge on any atom is -0.315 e. The first-order chi connectivity index (χ1) is 7.65. The molecule has 0 amide bonds. The molecule has 92 valence electrons. The van der Waals surface area contributed by atoms with Gasteiger partial charge in [-0.1, -0.05) is 6.42 Å². The Morgan fingerprint density at radius 2 is 2.00 bits per heavy atom. The number of sulfonamides is 1. The Balaban J connectivity index is 1.65. The third-order valence-electron chi connectivity index (χ3n) is 4.51. The molecule has 2 bridgehead atoms. The third-order valence-corrected chi connectivity index (χ3v) is 6.42. The van der Waals surface area contributed by atoms with Crippen molar-refractivity contribution < 1.29 is 8.42 Å². The molecular formula is C11H20N2O2S. The second-order valence-corrected chi connectivity index (χ2v) is 7.55. The molecule has 0 radical (unpaired) electrons. The molecule has 0 aromatic heterocycles. The van der Waals surface area contributed by atoms with E-state index in [1.807, 2.05) is 0 Å². The molecule has 2 saturated carbocycles. The first-order valence-corrected chi connectivity index (χ1v) is 7.91. The van der Waals surface area contributed by atoms with E-state index >= 15 is 0 Å². The van der Waals surface area contributed by atoms with Gasteiger partial charge in [0.1, 0.15) is 0 Å². The molecule has 0 spiro atoms. The van der Waals surface area contributed by atoms with E-state index < -0.39 is 10.0 Å². The van der Waals surface area contributed by atoms with Crippen LogP contribution in [0, 0.1) is 11.8 Å². The zero-order valence-corrected chi connectivity index (χ0v) is 10.3. The molecule has 3 fully saturated rings. The van der Waals surface area contributed by atoms with Gasteiger partial charge in [-0.3, -0.25) is 0 Å². The maximum atomic E-state index is 12.1. The molecule has 4 atom stereocenters. The predicted molar refractivity (Wildman–Crippen MR) is 62.6 cm³/mol. The van der Waals surface area contributed by atoms with Crippen LogP contribution in [-0.2, 0) is 10.0 Å². The molecule has 16 heavy (non-hydrogen) atoms. The SMILES string of the molecule is O=S(=O)(NC1CC2CCC1C2)C1CCNC1. The van der Waals surface area contributed by atoms with Gasteiger partial charge in [0.15, 0.2) is 0 Å². The van der Waals surface area contributed by atoms with Gasteiger partial charge in [0, 0.05) is 12.6 Å². The summed E-state index contributed by atoms with van der Waals surface area (Å²) >= 11 is 0. The molecule has 5 heteroatoms. The number of rotatable bonds is 3. The molecular weight excluding hydrogens is 224 g/mol. The van der Waals surface area contributed by atoms with Crippen molar-refractivity contribution in [1.29, 1.82) is 0 Å². The average molecular weight is 244 g/mol. The van der Waals surface area contributed by atoms with Crippen molar-refractivity contribution in [2.45, 2.75) is 43.4 Å². The standard InChI is InChI=1S/C11H20N2O2S/c14-16(15,10-3-4-12-7-10)13-11-6-8-1-2-9(11)5-8/h8-13H,1-7H2. The van der Waals surface area contributed by atoms with Crippen LogP contribution in [0.15, 0.2) is 0 Å². The topological polar surface area (TPSA) is 58.2 Å². The monoisotopic (exact) mass is 244 g/mol. The van der Waals surface area contributed by atoms with Gasteiger partial charge in [-0.15, -0.1) is 0 Å². The van der Waals surface area contributed by atoms with Gasteiger partial charge in [-0.25, -0.2) is 13.1 Å². The van der Waals surface area contributed by atoms with Gasteiger partial charge in [0.2, 0.25) is 10.0 Å². The Morgan fingerprint density at radius 3 is 2.56 bits per heavy atom. The summed E-state index contributed by atoms with van der Waals surface area (Å²) in [5, 5.41) is 2.92. The normalized spacial score (nSPS) is 43.0. The highest BCUT2D eigenvalue weighted by Gasteiger charge is 2.42. The van der Waals surface area contributed by atoms with E-state index in [1.165, 1.54) is 19.3 Å². The van der Waals surface area contributed by atoms with E-state index in [0.717, 1.165) is 25.3 Å². The average Bonchev–Trinajstić information content (AvgIpc) is 2.94. The lowest BCUT2D eigenvalue weighted by atomic mass is 9.96. The van der Waals surface area contributed by atoms with Crippen LogP contribution < -0.4 is 10.0 Å². The Labute approximate surface area is 97.2 Å². The van der Waals surface area contributed by atoms with Crippen molar-refractivity contribution >= 4 is 10.0 Å². The molecule has 3 aliphatic rings. The zero-order chi connectivity index (χ0) is 11.2. The van der Waals surface area contributed by atoms with Crippen LogP contribution in [0.4, 0.5) is 0 Å². The van der Waals surface area contributed by atoms with Crippen LogP contribution in [0.1, 0.15) is 32.1 Å². The van der Waals surface area contributed by atoms with E-state index in [4.69, 9.17) is 0 Å². The minimum absolute atomic E-state index is 0.202. The summed E-state index contributed by atoms with van der Waals surface area (Å²) in [5.74, 6) is 1.41. The van der Waals surface area contributed by atoms with Crippen LogP contribution >= 0.6 is 0 Å². The first-order valence-electron chi connectivity index (χ1n) is 6.37. The molecule has 2 N–H and O–H groups in total. The Bertz CT molecular complexity index is 362. The van der Waals surface area contributed by atoms with Crippen LogP contribution in [0.25, 0.3) is 0 Å². The van der Waals surface area contributed by atoms with E-state index in [-0.39, 0.29) is 11.3 Å². The largest absolute Gasteiger partial charge is 0.315 e. The van der Waals surface area contributed by atoms with E-state index in [9.17, 15) is 8.42 Å². The molecule has 4 nitrogen and oxygen atoms in total. The van der Waals surface area contributed by atoms with Crippen LogP contribution in [0.5, 0.6) is 0 Å². The Kier molecular flexibility index (Phi) is 2.72. The van der Waals surface area contributed by atoms with Gasteiger partial charge >= 0.3 is 0 Å². The highest BCUT2D eigenvalue weighted by Crippen LogP contribution is 2.44. The van der Waals surface area contributed by atoms with Crippen molar-refractivity contribution in [2.24, 2.45) is 11.8 Å². The lowest BCUT2D eigenvalue weighted by Crippen LogP contribution is -2.44. The fourth-order valence-corrected chi connectivity index (χ4v) is 5.26. The molecule has 2 aliphatic carbocycles. The predicted octanol–water partition coefficient (Wildman–Crippen LogP) is 0.456. The van der Waals surface area contributed by atoms with Crippen molar-refractivity contribution in [3.8, 4) is 0 Å². The maximum Gasteiger partial charge on any atom is 0.216 e. The Hall–Kier alpha value is -0.130. The van der Waals surface area contributed by atoms with Crippen molar-refractivity contribution in [3.63, 3.8) is 0 Å². The first kappa shape index (κ1) is 11.0. The Morgan fingerprint density at radius 1 is 1.12 bits per heavy atom. The molecule has 0 aromatic carbocycles. The summed E-state index contributed by atoms with van der Waals surface area (Å²) < 4.78 is 27.2. The lowest BCUT2D eigenvalue weighted by molar-refractivity contribution is 0.389. The summed E-state index contributed by atoms with van der Waals surface area (Å²) in [4.78, 5) is 0. The zero-order valence-electron chi connectivity index (χ0n) is 9.48. The molecule has 1 aliphatic heterocycles. The highest BCUT2D eigenvalue weighted by molar-refractivity contribution is 7.90. The van der Waals surface area contributed by atoms with E-state index in [2.05, 4.69) is 10.0 Å². The van der Waals surface area contributed by atoms with E-state index in [1.54, 1.807) is 0 Å². The van der Waals surface area contributed by atoms with Crippen LogP contribution in [0.3, 0.4) is 0 Å². The minimum atomic E-state index is -3.08.